The molecule has 0 aliphatic carbocycles. The molecular weight excluding hydrogens is 266 g/mol. The lowest BCUT2D eigenvalue weighted by molar-refractivity contribution is 0.101. The van der Waals surface area contributed by atoms with Crippen LogP contribution < -0.4 is 5.32 Å². The molecule has 1 aromatic carbocycles. The molecule has 0 atom stereocenters. The highest BCUT2D eigenvalue weighted by Gasteiger charge is 2.11. The summed E-state index contributed by atoms with van der Waals surface area (Å²) in [7, 11) is -1.56. The van der Waals surface area contributed by atoms with Gasteiger partial charge in [-0.2, -0.15) is 5.10 Å². The number of aromatic nitrogens is 2. The lowest BCUT2D eigenvalue weighted by atomic mass is 10.3. The Morgan fingerprint density at radius 1 is 1.21 bits per heavy atom. The predicted molar refractivity (Wildman–Crippen MR) is 70.7 cm³/mol. The molecule has 0 aliphatic heterocycles. The van der Waals surface area contributed by atoms with Crippen LogP contribution in [-0.2, 0) is 16.9 Å². The van der Waals surface area contributed by atoms with Crippen molar-refractivity contribution in [2.75, 3.05) is 11.6 Å². The molecule has 1 amide bonds. The third kappa shape index (κ3) is 3.00. The SMILES string of the molecule is Cn1nccc1C(=O)Nc1ccc(S(C)(=O)=O)cc1. The van der Waals surface area contributed by atoms with Crippen LogP contribution >= 0.6 is 0 Å². The van der Waals surface area contributed by atoms with E-state index in [9.17, 15) is 13.2 Å². The number of anilines is 1. The average molecular weight is 279 g/mol. The number of amides is 1. The number of carbonyl (C=O) groups is 1. The molecule has 7 heteroatoms. The fourth-order valence-corrected chi connectivity index (χ4v) is 2.21. The third-order valence-corrected chi connectivity index (χ3v) is 3.72. The van der Waals surface area contributed by atoms with Crippen LogP contribution in [0.4, 0.5) is 5.69 Å². The van der Waals surface area contributed by atoms with E-state index in [0.29, 0.717) is 11.4 Å². The van der Waals surface area contributed by atoms with Crippen LogP contribution in [0.3, 0.4) is 0 Å². The number of benzene rings is 1. The second-order valence-corrected chi connectivity index (χ2v) is 6.11. The van der Waals surface area contributed by atoms with Crippen molar-refractivity contribution in [3.05, 3.63) is 42.2 Å². The maximum absolute atomic E-state index is 11.9. The summed E-state index contributed by atoms with van der Waals surface area (Å²) in [6.45, 7) is 0. The van der Waals surface area contributed by atoms with E-state index >= 15 is 0 Å². The van der Waals surface area contributed by atoms with Gasteiger partial charge in [-0.25, -0.2) is 8.42 Å². The molecule has 0 spiro atoms. The molecule has 1 N–H and O–H groups in total. The molecule has 1 heterocycles. The highest BCUT2D eigenvalue weighted by atomic mass is 32.2. The minimum atomic E-state index is -3.22. The summed E-state index contributed by atoms with van der Waals surface area (Å²) in [5.74, 6) is -0.299. The quantitative estimate of drug-likeness (QED) is 0.911. The van der Waals surface area contributed by atoms with Gasteiger partial charge in [-0.15, -0.1) is 0 Å². The molecule has 0 aliphatic rings. The zero-order chi connectivity index (χ0) is 14.0. The highest BCUT2D eigenvalue weighted by Crippen LogP contribution is 2.14. The van der Waals surface area contributed by atoms with Crippen molar-refractivity contribution in [1.29, 1.82) is 0 Å². The molecule has 0 saturated carbocycles. The van der Waals surface area contributed by atoms with Gasteiger partial charge in [0.25, 0.3) is 5.91 Å². The minimum absolute atomic E-state index is 0.214. The number of sulfone groups is 1. The molecule has 19 heavy (non-hydrogen) atoms. The van der Waals surface area contributed by atoms with E-state index in [1.54, 1.807) is 25.2 Å². The molecule has 0 radical (unpaired) electrons. The molecule has 100 valence electrons. The van der Waals surface area contributed by atoms with E-state index in [2.05, 4.69) is 10.4 Å². The van der Waals surface area contributed by atoms with Crippen molar-refractivity contribution < 1.29 is 13.2 Å². The van der Waals surface area contributed by atoms with Gasteiger partial charge in [0.2, 0.25) is 0 Å². The molecule has 0 fully saturated rings. The number of aryl methyl sites for hydroxylation is 1. The average Bonchev–Trinajstić information content (AvgIpc) is 2.75. The van der Waals surface area contributed by atoms with Crippen LogP contribution in [0.1, 0.15) is 10.5 Å². The van der Waals surface area contributed by atoms with Crippen molar-refractivity contribution in [3.63, 3.8) is 0 Å². The second kappa shape index (κ2) is 4.85. The Balaban J connectivity index is 2.17. The fourth-order valence-electron chi connectivity index (χ4n) is 1.58. The first-order valence-electron chi connectivity index (χ1n) is 5.47. The molecular formula is C12H13N3O3S. The highest BCUT2D eigenvalue weighted by molar-refractivity contribution is 7.90. The van der Waals surface area contributed by atoms with Gasteiger partial charge in [0, 0.05) is 25.2 Å². The molecule has 0 unspecified atom stereocenters. The Morgan fingerprint density at radius 2 is 1.84 bits per heavy atom. The smallest absolute Gasteiger partial charge is 0.273 e. The van der Waals surface area contributed by atoms with E-state index < -0.39 is 9.84 Å². The van der Waals surface area contributed by atoms with Gasteiger partial charge >= 0.3 is 0 Å². The Morgan fingerprint density at radius 3 is 2.32 bits per heavy atom. The summed E-state index contributed by atoms with van der Waals surface area (Å²) < 4.78 is 24.1. The van der Waals surface area contributed by atoms with Crippen LogP contribution in [0.15, 0.2) is 41.4 Å². The van der Waals surface area contributed by atoms with Gasteiger partial charge in [-0.3, -0.25) is 9.48 Å². The second-order valence-electron chi connectivity index (χ2n) is 4.09. The topological polar surface area (TPSA) is 81.1 Å². The van der Waals surface area contributed by atoms with Crippen LogP contribution in [-0.4, -0.2) is 30.4 Å². The largest absolute Gasteiger partial charge is 0.321 e. The van der Waals surface area contributed by atoms with Crippen LogP contribution in [0, 0.1) is 0 Å². The van der Waals surface area contributed by atoms with Crippen molar-refractivity contribution in [2.24, 2.45) is 7.05 Å². The summed E-state index contributed by atoms with van der Waals surface area (Å²) in [5, 5.41) is 6.57. The number of nitrogens with zero attached hydrogens (tertiary/aromatic N) is 2. The van der Waals surface area contributed by atoms with Crippen LogP contribution in [0.5, 0.6) is 0 Å². The van der Waals surface area contributed by atoms with E-state index in [0.717, 1.165) is 6.26 Å². The molecule has 2 rings (SSSR count). The zero-order valence-electron chi connectivity index (χ0n) is 10.5. The summed E-state index contributed by atoms with van der Waals surface area (Å²) in [6, 6.07) is 7.60. The first-order valence-corrected chi connectivity index (χ1v) is 7.36. The number of carbonyl (C=O) groups excluding carboxylic acids is 1. The van der Waals surface area contributed by atoms with E-state index in [1.165, 1.54) is 23.0 Å². The van der Waals surface area contributed by atoms with Crippen molar-refractivity contribution in [1.82, 2.24) is 9.78 Å². The maximum Gasteiger partial charge on any atom is 0.273 e. The Hall–Kier alpha value is -2.15. The standard InChI is InChI=1S/C12H13N3O3S/c1-15-11(7-8-13-15)12(16)14-9-3-5-10(6-4-9)19(2,17)18/h3-8H,1-2H3,(H,14,16). The van der Waals surface area contributed by atoms with Crippen molar-refractivity contribution >= 4 is 21.4 Å². The Bertz CT molecular complexity index is 702. The minimum Gasteiger partial charge on any atom is -0.321 e. The first kappa shape index (κ1) is 13.3. The zero-order valence-corrected chi connectivity index (χ0v) is 11.3. The normalized spacial score (nSPS) is 11.3. The summed E-state index contributed by atoms with van der Waals surface area (Å²) in [6.07, 6.45) is 2.66. The van der Waals surface area contributed by atoms with Crippen molar-refractivity contribution in [2.45, 2.75) is 4.90 Å². The predicted octanol–water partition coefficient (Wildman–Crippen LogP) is 1.08. The molecule has 6 nitrogen and oxygen atoms in total. The van der Waals surface area contributed by atoms with Crippen LogP contribution in [0.2, 0.25) is 0 Å². The summed E-state index contributed by atoms with van der Waals surface area (Å²) >= 11 is 0. The van der Waals surface area contributed by atoms with E-state index in [1.807, 2.05) is 0 Å². The number of nitrogens with one attached hydrogen (secondary N) is 1. The monoisotopic (exact) mass is 279 g/mol. The molecule has 2 aromatic rings. The first-order chi connectivity index (χ1) is 8.88. The third-order valence-electron chi connectivity index (χ3n) is 2.59. The molecule has 1 aromatic heterocycles. The maximum atomic E-state index is 11.9. The Kier molecular flexibility index (Phi) is 3.39. The Labute approximate surface area is 111 Å². The molecule has 0 bridgehead atoms. The summed E-state index contributed by atoms with van der Waals surface area (Å²) in [4.78, 5) is 12.1. The van der Waals surface area contributed by atoms with Gasteiger partial charge in [0.1, 0.15) is 5.69 Å². The van der Waals surface area contributed by atoms with Gasteiger partial charge in [-0.05, 0) is 30.3 Å². The van der Waals surface area contributed by atoms with E-state index in [-0.39, 0.29) is 10.8 Å². The fraction of sp³-hybridized carbons (Fsp3) is 0.167. The lowest BCUT2D eigenvalue weighted by Gasteiger charge is -2.06. The van der Waals surface area contributed by atoms with Gasteiger partial charge < -0.3 is 5.32 Å². The van der Waals surface area contributed by atoms with Gasteiger partial charge in [0.15, 0.2) is 9.84 Å². The number of hydrogen-bond donors (Lipinski definition) is 1. The van der Waals surface area contributed by atoms with E-state index in [4.69, 9.17) is 0 Å². The summed E-state index contributed by atoms with van der Waals surface area (Å²) in [5.41, 5.74) is 0.950. The number of rotatable bonds is 3. The lowest BCUT2D eigenvalue weighted by Crippen LogP contribution is -2.16. The molecule has 0 saturated heterocycles. The van der Waals surface area contributed by atoms with Gasteiger partial charge in [-0.1, -0.05) is 0 Å². The number of hydrogen-bond acceptors (Lipinski definition) is 4. The van der Waals surface area contributed by atoms with Crippen molar-refractivity contribution in [3.8, 4) is 0 Å². The van der Waals surface area contributed by atoms with Crippen LogP contribution in [0.25, 0.3) is 0 Å². The van der Waals surface area contributed by atoms with Gasteiger partial charge in [0.05, 0.1) is 4.90 Å².